The van der Waals surface area contributed by atoms with Crippen LogP contribution in [0.1, 0.15) is 57.7 Å². The fraction of sp³-hybridized carbons (Fsp3) is 0.632. The highest BCUT2D eigenvalue weighted by molar-refractivity contribution is 14.0. The van der Waals surface area contributed by atoms with Gasteiger partial charge in [-0.05, 0) is 39.7 Å². The van der Waals surface area contributed by atoms with Gasteiger partial charge in [0.2, 0.25) is 0 Å². The molecular formula is C19H34IN3O2. The molecule has 1 rings (SSSR count). The van der Waals surface area contributed by atoms with Gasteiger partial charge in [0.25, 0.3) is 0 Å². The Bertz CT molecular complexity index is 545. The van der Waals surface area contributed by atoms with Crippen molar-refractivity contribution in [2.75, 3.05) is 20.2 Å². The van der Waals surface area contributed by atoms with Gasteiger partial charge >= 0.3 is 0 Å². The summed E-state index contributed by atoms with van der Waals surface area (Å²) in [6.07, 6.45) is 1.38. The van der Waals surface area contributed by atoms with Crippen molar-refractivity contribution >= 4 is 29.9 Å². The normalized spacial score (nSPS) is 13.0. The molecule has 0 bridgehead atoms. The Balaban J connectivity index is 0.00000576. The summed E-state index contributed by atoms with van der Waals surface area (Å²) >= 11 is 0. The maximum Gasteiger partial charge on any atom is 0.191 e. The molecule has 0 saturated carbocycles. The molecule has 5 nitrogen and oxygen atoms in total. The van der Waals surface area contributed by atoms with Crippen molar-refractivity contribution in [3.05, 3.63) is 29.3 Å². The van der Waals surface area contributed by atoms with Crippen LogP contribution in [-0.2, 0) is 0 Å². The van der Waals surface area contributed by atoms with E-state index >= 15 is 0 Å². The van der Waals surface area contributed by atoms with Crippen molar-refractivity contribution in [1.29, 1.82) is 0 Å². The van der Waals surface area contributed by atoms with E-state index in [-0.39, 0.29) is 30.0 Å². The average Bonchev–Trinajstić information content (AvgIpc) is 2.59. The van der Waals surface area contributed by atoms with E-state index in [9.17, 15) is 5.11 Å². The largest absolute Gasteiger partial charge is 0.496 e. The number of guanidine groups is 1. The molecule has 144 valence electrons. The number of methoxy groups -OCH3 is 1. The van der Waals surface area contributed by atoms with Gasteiger partial charge in [-0.25, -0.2) is 0 Å². The summed E-state index contributed by atoms with van der Waals surface area (Å²) < 4.78 is 5.47. The van der Waals surface area contributed by atoms with Gasteiger partial charge in [-0.3, -0.25) is 4.99 Å². The molecule has 0 aliphatic carbocycles. The van der Waals surface area contributed by atoms with E-state index in [0.717, 1.165) is 17.9 Å². The first-order valence-electron chi connectivity index (χ1n) is 8.80. The van der Waals surface area contributed by atoms with Gasteiger partial charge < -0.3 is 20.5 Å². The summed E-state index contributed by atoms with van der Waals surface area (Å²) in [6, 6.07) is 6.18. The lowest BCUT2D eigenvalue weighted by molar-refractivity contribution is 0.0417. The number of aliphatic imine (C=N–C) groups is 1. The highest BCUT2D eigenvalue weighted by atomic mass is 127. The van der Waals surface area contributed by atoms with Crippen LogP contribution in [0.5, 0.6) is 5.75 Å². The summed E-state index contributed by atoms with van der Waals surface area (Å²) in [6.45, 7) is 11.3. The highest BCUT2D eigenvalue weighted by Crippen LogP contribution is 2.26. The van der Waals surface area contributed by atoms with Crippen LogP contribution in [0.3, 0.4) is 0 Å². The molecule has 1 aromatic rings. The second-order valence-corrected chi connectivity index (χ2v) is 6.24. The smallest absolute Gasteiger partial charge is 0.191 e. The van der Waals surface area contributed by atoms with Crippen molar-refractivity contribution in [3.63, 3.8) is 0 Å². The number of nitrogens with one attached hydrogen (secondary N) is 2. The topological polar surface area (TPSA) is 65.9 Å². The van der Waals surface area contributed by atoms with E-state index in [0.29, 0.717) is 25.3 Å². The molecule has 1 atom stereocenters. The van der Waals surface area contributed by atoms with Crippen LogP contribution in [-0.4, -0.2) is 36.9 Å². The highest BCUT2D eigenvalue weighted by Gasteiger charge is 2.22. The maximum atomic E-state index is 10.4. The quantitative estimate of drug-likeness (QED) is 0.312. The Hall–Kier alpha value is -1.02. The Morgan fingerprint density at radius 1 is 1.28 bits per heavy atom. The summed E-state index contributed by atoms with van der Waals surface area (Å²) in [5.74, 6) is 1.56. The van der Waals surface area contributed by atoms with Crippen molar-refractivity contribution in [1.82, 2.24) is 10.6 Å². The molecular weight excluding hydrogens is 429 g/mol. The van der Waals surface area contributed by atoms with Gasteiger partial charge in [-0.1, -0.05) is 31.5 Å². The van der Waals surface area contributed by atoms with Crippen LogP contribution in [0.25, 0.3) is 0 Å². The number of benzene rings is 1. The van der Waals surface area contributed by atoms with Gasteiger partial charge in [0.05, 0.1) is 25.3 Å². The second-order valence-electron chi connectivity index (χ2n) is 6.24. The third-order valence-corrected chi connectivity index (χ3v) is 4.40. The van der Waals surface area contributed by atoms with Crippen LogP contribution >= 0.6 is 24.0 Å². The number of aryl methyl sites for hydroxylation is 1. The lowest BCUT2D eigenvalue weighted by Gasteiger charge is -2.25. The number of rotatable bonds is 8. The van der Waals surface area contributed by atoms with Crippen LogP contribution in [0, 0.1) is 6.92 Å². The summed E-state index contributed by atoms with van der Waals surface area (Å²) in [5, 5.41) is 17.1. The zero-order valence-electron chi connectivity index (χ0n) is 16.3. The molecule has 0 aliphatic heterocycles. The van der Waals surface area contributed by atoms with Crippen LogP contribution in [0.15, 0.2) is 23.2 Å². The third kappa shape index (κ3) is 7.40. The zero-order chi connectivity index (χ0) is 18.2. The molecule has 0 spiro atoms. The fourth-order valence-electron chi connectivity index (χ4n) is 2.49. The van der Waals surface area contributed by atoms with Gasteiger partial charge in [-0.15, -0.1) is 24.0 Å². The van der Waals surface area contributed by atoms with Gasteiger partial charge in [-0.2, -0.15) is 0 Å². The van der Waals surface area contributed by atoms with Gasteiger partial charge in [0, 0.05) is 12.1 Å². The maximum absolute atomic E-state index is 10.4. The number of hydrogen-bond acceptors (Lipinski definition) is 3. The molecule has 0 aliphatic rings. The number of ether oxygens (including phenoxy) is 1. The van der Waals surface area contributed by atoms with E-state index < -0.39 is 5.60 Å². The summed E-state index contributed by atoms with van der Waals surface area (Å²) in [7, 11) is 1.68. The molecule has 1 unspecified atom stereocenters. The minimum atomic E-state index is -0.743. The predicted octanol–water partition coefficient (Wildman–Crippen LogP) is 3.79. The lowest BCUT2D eigenvalue weighted by Crippen LogP contribution is -2.41. The molecule has 6 heteroatoms. The molecule has 25 heavy (non-hydrogen) atoms. The van der Waals surface area contributed by atoms with Gasteiger partial charge in [0.15, 0.2) is 5.96 Å². The molecule has 0 fully saturated rings. The van der Waals surface area contributed by atoms with Crippen LogP contribution < -0.4 is 15.4 Å². The fourth-order valence-corrected chi connectivity index (χ4v) is 2.49. The molecule has 0 saturated heterocycles. The van der Waals surface area contributed by atoms with Gasteiger partial charge in [0.1, 0.15) is 5.75 Å². The molecule has 0 aromatic heterocycles. The number of nitrogens with zero attached hydrogens (tertiary/aromatic N) is 1. The monoisotopic (exact) mass is 463 g/mol. The predicted molar refractivity (Wildman–Crippen MR) is 116 cm³/mol. The first-order valence-corrected chi connectivity index (χ1v) is 8.80. The van der Waals surface area contributed by atoms with E-state index in [1.165, 1.54) is 5.56 Å². The first-order chi connectivity index (χ1) is 11.4. The standard InChI is InChI=1S/C19H33N3O2.HI/c1-7-19(23,8-2)13-21-18(20-9-3)22-15(5)16-12-14(4)10-11-17(16)24-6;/h10-12,15,23H,7-9,13H2,1-6H3,(H2,20,21,22);1H. The zero-order valence-corrected chi connectivity index (χ0v) is 18.7. The van der Waals surface area contributed by atoms with E-state index in [1.807, 2.05) is 32.9 Å². The second kappa shape index (κ2) is 11.6. The molecule has 3 N–H and O–H groups in total. The Morgan fingerprint density at radius 3 is 2.44 bits per heavy atom. The molecule has 0 radical (unpaired) electrons. The van der Waals surface area contributed by atoms with Crippen molar-refractivity contribution in [3.8, 4) is 5.75 Å². The number of aliphatic hydroxyl groups is 1. The third-order valence-electron chi connectivity index (χ3n) is 4.40. The Kier molecular flexibility index (Phi) is 11.1. The number of hydrogen-bond donors (Lipinski definition) is 3. The Labute approximate surface area is 169 Å². The van der Waals surface area contributed by atoms with Crippen molar-refractivity contribution in [2.24, 2.45) is 4.99 Å². The number of halogens is 1. The van der Waals surface area contributed by atoms with E-state index in [1.54, 1.807) is 7.11 Å². The van der Waals surface area contributed by atoms with E-state index in [2.05, 4.69) is 35.5 Å². The summed E-state index contributed by atoms with van der Waals surface area (Å²) in [5.41, 5.74) is 1.53. The van der Waals surface area contributed by atoms with E-state index in [4.69, 9.17) is 4.74 Å². The Morgan fingerprint density at radius 2 is 1.92 bits per heavy atom. The minimum Gasteiger partial charge on any atom is -0.496 e. The SMILES string of the molecule is CCNC(=NCC(O)(CC)CC)NC(C)c1cc(C)ccc1OC.I. The first kappa shape index (κ1) is 24.0. The molecule has 1 aromatic carbocycles. The average molecular weight is 463 g/mol. The molecule has 0 heterocycles. The van der Waals surface area contributed by atoms with Crippen LogP contribution in [0.2, 0.25) is 0 Å². The lowest BCUT2D eigenvalue weighted by atomic mass is 9.98. The summed E-state index contributed by atoms with van der Waals surface area (Å²) in [4.78, 5) is 4.57. The van der Waals surface area contributed by atoms with Crippen LogP contribution in [0.4, 0.5) is 0 Å². The van der Waals surface area contributed by atoms with Crippen molar-refractivity contribution in [2.45, 2.75) is 59.1 Å². The van der Waals surface area contributed by atoms with Crippen molar-refractivity contribution < 1.29 is 9.84 Å². The minimum absolute atomic E-state index is 0. The molecule has 0 amide bonds.